The van der Waals surface area contributed by atoms with Crippen LogP contribution in [0.15, 0.2) is 11.6 Å². The lowest BCUT2D eigenvalue weighted by atomic mass is 9.41. The molecule has 224 valence electrons. The summed E-state index contributed by atoms with van der Waals surface area (Å²) in [5.41, 5.74) is -4.09. The molecule has 0 unspecified atom stereocenters. The number of carbonyl (C=O) groups is 2. The third-order valence-electron chi connectivity index (χ3n) is 12.1. The van der Waals surface area contributed by atoms with Crippen molar-refractivity contribution in [1.82, 2.24) is 0 Å². The van der Waals surface area contributed by atoms with E-state index in [-0.39, 0.29) is 44.1 Å². The van der Waals surface area contributed by atoms with Gasteiger partial charge in [-0.2, -0.15) is 0 Å². The van der Waals surface area contributed by atoms with Gasteiger partial charge in [-0.3, -0.25) is 0 Å². The van der Waals surface area contributed by atoms with Crippen molar-refractivity contribution in [1.29, 1.82) is 0 Å². The molecule has 6 N–H and O–H groups in total. The van der Waals surface area contributed by atoms with Crippen molar-refractivity contribution in [3.05, 3.63) is 11.6 Å². The van der Waals surface area contributed by atoms with E-state index in [0.717, 1.165) is 11.9 Å². The zero-order valence-corrected chi connectivity index (χ0v) is 23.0. The highest BCUT2D eigenvalue weighted by Crippen LogP contribution is 2.70. The van der Waals surface area contributed by atoms with Crippen LogP contribution in [-0.4, -0.2) is 104 Å². The van der Waals surface area contributed by atoms with E-state index in [1.165, 1.54) is 6.08 Å². The molecule has 1 saturated heterocycles. The summed E-state index contributed by atoms with van der Waals surface area (Å²) in [6.45, 7) is 3.61. The van der Waals surface area contributed by atoms with Crippen molar-refractivity contribution in [2.24, 2.45) is 28.6 Å². The van der Waals surface area contributed by atoms with Gasteiger partial charge in [-0.1, -0.05) is 6.92 Å². The number of hydrogen-bond donors (Lipinski definition) is 6. The van der Waals surface area contributed by atoms with Crippen molar-refractivity contribution in [3.8, 4) is 0 Å². The van der Waals surface area contributed by atoms with Gasteiger partial charge in [0, 0.05) is 17.9 Å². The summed E-state index contributed by atoms with van der Waals surface area (Å²) in [7, 11) is 0. The number of cyclic esters (lactones) is 1. The minimum atomic E-state index is -1.47. The number of aldehydes is 1. The Bertz CT molecular complexity index is 1080. The van der Waals surface area contributed by atoms with Crippen LogP contribution in [0.4, 0.5) is 0 Å². The predicted octanol–water partition coefficient (Wildman–Crippen LogP) is -0.279. The van der Waals surface area contributed by atoms with Crippen LogP contribution in [0.2, 0.25) is 0 Å². The summed E-state index contributed by atoms with van der Waals surface area (Å²) < 4.78 is 16.8. The van der Waals surface area contributed by atoms with Gasteiger partial charge in [0.2, 0.25) is 0 Å². The molecule has 6 aliphatic rings. The van der Waals surface area contributed by atoms with E-state index >= 15 is 0 Å². The molecule has 0 spiro atoms. The van der Waals surface area contributed by atoms with Crippen molar-refractivity contribution in [3.63, 3.8) is 0 Å². The first-order valence-electron chi connectivity index (χ1n) is 14.6. The molecule has 0 radical (unpaired) electrons. The maximum absolute atomic E-state index is 13.0. The zero-order valence-electron chi connectivity index (χ0n) is 23.0. The Morgan fingerprint density at radius 2 is 1.75 bits per heavy atom. The maximum Gasteiger partial charge on any atom is 0.331 e. The number of fused-ring (bicyclic) bond motifs is 5. The highest BCUT2D eigenvalue weighted by Gasteiger charge is 2.74. The van der Waals surface area contributed by atoms with Gasteiger partial charge in [-0.15, -0.1) is 0 Å². The first kappa shape index (κ1) is 28.7. The van der Waals surface area contributed by atoms with Crippen LogP contribution in [0.5, 0.6) is 0 Å². The molecule has 4 saturated carbocycles. The zero-order chi connectivity index (χ0) is 28.8. The summed E-state index contributed by atoms with van der Waals surface area (Å²) in [5, 5.41) is 66.7. The fraction of sp³-hybridized carbons (Fsp3) is 0.862. The molecule has 40 heavy (non-hydrogen) atoms. The van der Waals surface area contributed by atoms with Gasteiger partial charge in [0.15, 0.2) is 6.29 Å². The summed E-state index contributed by atoms with van der Waals surface area (Å²) in [5.74, 6) is -1.42. The molecule has 5 fully saturated rings. The lowest BCUT2D eigenvalue weighted by Gasteiger charge is -2.66. The van der Waals surface area contributed by atoms with Crippen molar-refractivity contribution in [2.75, 3.05) is 6.61 Å². The fourth-order valence-electron chi connectivity index (χ4n) is 9.74. The van der Waals surface area contributed by atoms with Gasteiger partial charge in [0.1, 0.15) is 31.2 Å². The summed E-state index contributed by atoms with van der Waals surface area (Å²) in [4.78, 5) is 24.8. The van der Waals surface area contributed by atoms with Gasteiger partial charge >= 0.3 is 5.97 Å². The largest absolute Gasteiger partial charge is 0.458 e. The van der Waals surface area contributed by atoms with Crippen LogP contribution >= 0.6 is 0 Å². The molecular weight excluding hydrogens is 524 g/mol. The van der Waals surface area contributed by atoms with E-state index in [2.05, 4.69) is 0 Å². The minimum absolute atomic E-state index is 0.0926. The van der Waals surface area contributed by atoms with Crippen LogP contribution < -0.4 is 0 Å². The lowest BCUT2D eigenvalue weighted by Crippen LogP contribution is -2.71. The normalized spacial score (nSPS) is 56.0. The van der Waals surface area contributed by atoms with Crippen LogP contribution in [-0.2, 0) is 23.8 Å². The molecule has 4 aliphatic carbocycles. The van der Waals surface area contributed by atoms with E-state index in [1.54, 1.807) is 6.92 Å². The Morgan fingerprint density at radius 3 is 2.42 bits per heavy atom. The highest BCUT2D eigenvalue weighted by molar-refractivity contribution is 5.85. The second-order valence-electron chi connectivity index (χ2n) is 13.5. The molecule has 0 aromatic carbocycles. The van der Waals surface area contributed by atoms with Crippen LogP contribution in [0, 0.1) is 28.6 Å². The highest BCUT2D eigenvalue weighted by atomic mass is 16.7. The molecule has 2 heterocycles. The van der Waals surface area contributed by atoms with Gasteiger partial charge in [-0.05, 0) is 75.2 Å². The number of carbonyl (C=O) groups excluding carboxylic acids is 2. The number of aliphatic hydroxyl groups is 6. The molecule has 6 rings (SSSR count). The first-order chi connectivity index (χ1) is 18.8. The molecule has 2 aliphatic heterocycles. The third kappa shape index (κ3) is 3.71. The standard InChI is InChI=1S/C29H42O11/c1-14-22(33)23(34)24(35)25(39-14)40-16-3-6-27(13-30)19-10-20(31)26(2)17(15-9-21(32)38-12-15)5-8-29(26,37)18(19)4-7-28(27,36)11-16/h9,13-14,16-20,22-25,31,33-37H,3-8,10-12H2,1-2H3/t14-,16+,17+,18+,19-,20-,22+,23+,24-,25+,26+,27+,28-,29+/m1/s1. The van der Waals surface area contributed by atoms with E-state index in [0.29, 0.717) is 25.7 Å². The Morgan fingerprint density at radius 1 is 1.00 bits per heavy atom. The number of rotatable bonds is 4. The van der Waals surface area contributed by atoms with Gasteiger partial charge < -0.3 is 49.6 Å². The fourth-order valence-corrected chi connectivity index (χ4v) is 9.74. The maximum atomic E-state index is 13.0. The summed E-state index contributed by atoms with van der Waals surface area (Å²) in [6, 6.07) is 0. The summed E-state index contributed by atoms with van der Waals surface area (Å²) >= 11 is 0. The number of hydrogen-bond acceptors (Lipinski definition) is 11. The first-order valence-corrected chi connectivity index (χ1v) is 14.6. The third-order valence-corrected chi connectivity index (χ3v) is 12.1. The Labute approximate surface area is 233 Å². The average Bonchev–Trinajstić information content (AvgIpc) is 3.46. The van der Waals surface area contributed by atoms with Crippen molar-refractivity contribution < 1.29 is 54.4 Å². The number of aliphatic hydroxyl groups excluding tert-OH is 4. The SMILES string of the molecule is C[C@H]1O[C@@H](O[C@H]2CC[C@]3(C=O)[C@@H]4C[C@@H](O)[C@]5(C)[C@H](C6=CC(=O)OC6)CC[C@]5(O)[C@H]4CC[C@@]3(O)C2)[C@H](O)[C@@H](O)[C@H]1O. The second kappa shape index (κ2) is 9.54. The molecule has 0 bridgehead atoms. The van der Waals surface area contributed by atoms with Crippen molar-refractivity contribution >= 4 is 12.3 Å². The minimum Gasteiger partial charge on any atom is -0.458 e. The van der Waals surface area contributed by atoms with Gasteiger partial charge in [-0.25, -0.2) is 4.79 Å². The predicted molar refractivity (Wildman–Crippen MR) is 136 cm³/mol. The quantitative estimate of drug-likeness (QED) is 0.149. The average molecular weight is 567 g/mol. The number of esters is 1. The summed E-state index contributed by atoms with van der Waals surface area (Å²) in [6.07, 6.45) is -2.70. The molecular formula is C29H42O11. The Hall–Kier alpha value is -1.44. The lowest BCUT2D eigenvalue weighted by molar-refractivity contribution is -0.319. The monoisotopic (exact) mass is 566 g/mol. The van der Waals surface area contributed by atoms with Crippen LogP contribution in [0.25, 0.3) is 0 Å². The smallest absolute Gasteiger partial charge is 0.331 e. The van der Waals surface area contributed by atoms with E-state index in [4.69, 9.17) is 14.2 Å². The molecule has 0 aromatic heterocycles. The van der Waals surface area contributed by atoms with E-state index < -0.39 is 76.8 Å². The van der Waals surface area contributed by atoms with Gasteiger partial charge in [0.25, 0.3) is 0 Å². The molecule has 14 atom stereocenters. The molecule has 11 nitrogen and oxygen atoms in total. The van der Waals surface area contributed by atoms with Gasteiger partial charge in [0.05, 0.1) is 34.9 Å². The van der Waals surface area contributed by atoms with Crippen molar-refractivity contribution in [2.45, 2.75) is 119 Å². The molecule has 11 heteroatoms. The molecule has 0 aromatic rings. The molecule has 0 amide bonds. The Kier molecular flexibility index (Phi) is 6.83. The van der Waals surface area contributed by atoms with E-state index in [9.17, 15) is 40.2 Å². The van der Waals surface area contributed by atoms with E-state index in [1.807, 2.05) is 6.92 Å². The second-order valence-corrected chi connectivity index (χ2v) is 13.5. The van der Waals surface area contributed by atoms with Crippen LogP contribution in [0.3, 0.4) is 0 Å². The topological polar surface area (TPSA) is 183 Å². The van der Waals surface area contributed by atoms with Crippen LogP contribution in [0.1, 0.15) is 65.2 Å². The Balaban J connectivity index is 1.25. The number of ether oxygens (including phenoxy) is 3.